The van der Waals surface area contributed by atoms with E-state index >= 15 is 0 Å². The number of thioether (sulfide) groups is 1. The number of hydrogen-bond acceptors (Lipinski definition) is 2. The highest BCUT2D eigenvalue weighted by Crippen LogP contribution is 2.29. The van der Waals surface area contributed by atoms with Crippen LogP contribution in [-0.2, 0) is 0 Å². The van der Waals surface area contributed by atoms with E-state index in [4.69, 9.17) is 11.6 Å². The molecule has 3 heteroatoms. The van der Waals surface area contributed by atoms with E-state index in [1.165, 1.54) is 0 Å². The highest BCUT2D eigenvalue weighted by atomic mass is 35.5. The topological polar surface area (TPSA) is 12.0 Å². The van der Waals surface area contributed by atoms with E-state index in [1.807, 2.05) is 25.2 Å². The summed E-state index contributed by atoms with van der Waals surface area (Å²) in [5.74, 6) is 0. The second-order valence-corrected chi connectivity index (χ2v) is 4.80. The van der Waals surface area contributed by atoms with Gasteiger partial charge in [-0.05, 0) is 19.2 Å². The number of rotatable bonds is 4. The maximum atomic E-state index is 6.03. The first kappa shape index (κ1) is 10.9. The van der Waals surface area contributed by atoms with Crippen LogP contribution >= 0.6 is 23.4 Å². The molecule has 1 nitrogen and oxygen atoms in total. The highest BCUT2D eigenvalue weighted by Gasteiger charge is 2.05. The number of nitrogens with one attached hydrogen (secondary N) is 1. The van der Waals surface area contributed by atoms with E-state index in [9.17, 15) is 0 Å². The fourth-order valence-corrected chi connectivity index (χ4v) is 2.38. The van der Waals surface area contributed by atoms with Crippen molar-refractivity contribution in [1.82, 2.24) is 5.32 Å². The molecule has 1 unspecified atom stereocenters. The molecule has 0 aliphatic heterocycles. The Morgan fingerprint density at radius 3 is 2.77 bits per heavy atom. The number of hydrogen-bond donors (Lipinski definition) is 1. The van der Waals surface area contributed by atoms with Gasteiger partial charge in [0.1, 0.15) is 0 Å². The van der Waals surface area contributed by atoms with E-state index in [0.29, 0.717) is 5.25 Å². The van der Waals surface area contributed by atoms with Crippen LogP contribution in [0.5, 0.6) is 0 Å². The number of benzene rings is 1. The van der Waals surface area contributed by atoms with Gasteiger partial charge in [-0.1, -0.05) is 30.7 Å². The van der Waals surface area contributed by atoms with Crippen LogP contribution in [0, 0.1) is 0 Å². The van der Waals surface area contributed by atoms with Gasteiger partial charge in [0.15, 0.2) is 0 Å². The summed E-state index contributed by atoms with van der Waals surface area (Å²) in [7, 11) is 1.96. The van der Waals surface area contributed by atoms with Gasteiger partial charge in [0.05, 0.1) is 5.02 Å². The molecule has 0 amide bonds. The average Bonchev–Trinajstić information content (AvgIpc) is 2.09. The van der Waals surface area contributed by atoms with Crippen LogP contribution in [-0.4, -0.2) is 18.8 Å². The third kappa shape index (κ3) is 3.59. The minimum Gasteiger partial charge on any atom is -0.319 e. The third-order valence-corrected chi connectivity index (χ3v) is 3.28. The molecule has 0 saturated carbocycles. The zero-order valence-electron chi connectivity index (χ0n) is 7.88. The standard InChI is InChI=1S/C10H14ClNS/c1-8(7-12-2)13-10-6-4-3-5-9(10)11/h3-6,8,12H,7H2,1-2H3. The molecular weight excluding hydrogens is 202 g/mol. The van der Waals surface area contributed by atoms with Crippen molar-refractivity contribution >= 4 is 23.4 Å². The van der Waals surface area contributed by atoms with Crippen molar-refractivity contribution in [2.75, 3.05) is 13.6 Å². The summed E-state index contributed by atoms with van der Waals surface area (Å²) in [6.45, 7) is 3.18. The van der Waals surface area contributed by atoms with Gasteiger partial charge in [0, 0.05) is 16.7 Å². The Hall–Kier alpha value is -0.180. The lowest BCUT2D eigenvalue weighted by Crippen LogP contribution is -2.17. The molecular formula is C10H14ClNS. The molecule has 1 aromatic carbocycles. The fourth-order valence-electron chi connectivity index (χ4n) is 1.09. The molecule has 72 valence electrons. The van der Waals surface area contributed by atoms with Crippen LogP contribution in [0.1, 0.15) is 6.92 Å². The van der Waals surface area contributed by atoms with E-state index < -0.39 is 0 Å². The Kier molecular flexibility index (Phi) is 4.64. The van der Waals surface area contributed by atoms with Crippen molar-refractivity contribution < 1.29 is 0 Å². The molecule has 0 heterocycles. The Labute approximate surface area is 88.9 Å². The average molecular weight is 216 g/mol. The van der Waals surface area contributed by atoms with E-state index in [-0.39, 0.29) is 0 Å². The molecule has 0 fully saturated rings. The van der Waals surface area contributed by atoms with Gasteiger partial charge in [-0.2, -0.15) is 0 Å². The molecule has 1 atom stereocenters. The van der Waals surface area contributed by atoms with E-state index in [1.54, 1.807) is 11.8 Å². The lowest BCUT2D eigenvalue weighted by atomic mass is 10.4. The van der Waals surface area contributed by atoms with Gasteiger partial charge in [-0.15, -0.1) is 11.8 Å². The van der Waals surface area contributed by atoms with E-state index in [0.717, 1.165) is 16.5 Å². The molecule has 13 heavy (non-hydrogen) atoms. The second kappa shape index (κ2) is 5.53. The zero-order chi connectivity index (χ0) is 9.68. The fraction of sp³-hybridized carbons (Fsp3) is 0.400. The number of halogens is 1. The molecule has 0 aliphatic carbocycles. The summed E-state index contributed by atoms with van der Waals surface area (Å²) in [5.41, 5.74) is 0. The summed E-state index contributed by atoms with van der Waals surface area (Å²) >= 11 is 7.83. The maximum absolute atomic E-state index is 6.03. The first-order valence-electron chi connectivity index (χ1n) is 4.30. The van der Waals surface area contributed by atoms with Gasteiger partial charge in [-0.25, -0.2) is 0 Å². The Morgan fingerprint density at radius 1 is 1.46 bits per heavy atom. The van der Waals surface area contributed by atoms with Crippen molar-refractivity contribution in [3.8, 4) is 0 Å². The van der Waals surface area contributed by atoms with Crippen LogP contribution in [0.2, 0.25) is 5.02 Å². The van der Waals surface area contributed by atoms with Crippen LogP contribution in [0.25, 0.3) is 0 Å². The largest absolute Gasteiger partial charge is 0.319 e. The first-order chi connectivity index (χ1) is 6.24. The zero-order valence-corrected chi connectivity index (χ0v) is 9.45. The van der Waals surface area contributed by atoms with Gasteiger partial charge >= 0.3 is 0 Å². The minimum absolute atomic E-state index is 0.546. The van der Waals surface area contributed by atoms with E-state index in [2.05, 4.69) is 18.3 Å². The summed E-state index contributed by atoms with van der Waals surface area (Å²) in [6, 6.07) is 7.95. The highest BCUT2D eigenvalue weighted by molar-refractivity contribution is 8.00. The Balaban J connectivity index is 2.58. The first-order valence-corrected chi connectivity index (χ1v) is 5.55. The normalized spacial score (nSPS) is 12.8. The van der Waals surface area contributed by atoms with Crippen LogP contribution < -0.4 is 5.32 Å². The Morgan fingerprint density at radius 2 is 2.15 bits per heavy atom. The SMILES string of the molecule is CNCC(C)Sc1ccccc1Cl. The predicted octanol–water partition coefficient (Wildman–Crippen LogP) is 3.04. The van der Waals surface area contributed by atoms with Crippen molar-refractivity contribution in [3.05, 3.63) is 29.3 Å². The van der Waals surface area contributed by atoms with Crippen molar-refractivity contribution in [3.63, 3.8) is 0 Å². The molecule has 0 radical (unpaired) electrons. The summed E-state index contributed by atoms with van der Waals surface area (Å²) in [6.07, 6.45) is 0. The predicted molar refractivity (Wildman–Crippen MR) is 60.7 cm³/mol. The molecule has 0 aromatic heterocycles. The van der Waals surface area contributed by atoms with Crippen LogP contribution in [0.4, 0.5) is 0 Å². The monoisotopic (exact) mass is 215 g/mol. The lowest BCUT2D eigenvalue weighted by molar-refractivity contribution is 0.785. The molecule has 0 aliphatic rings. The lowest BCUT2D eigenvalue weighted by Gasteiger charge is -2.10. The van der Waals surface area contributed by atoms with Crippen molar-refractivity contribution in [2.45, 2.75) is 17.1 Å². The molecule has 1 aromatic rings. The maximum Gasteiger partial charge on any atom is 0.0541 e. The minimum atomic E-state index is 0.546. The molecule has 0 bridgehead atoms. The summed E-state index contributed by atoms with van der Waals surface area (Å²) in [5, 5.41) is 4.53. The summed E-state index contributed by atoms with van der Waals surface area (Å²) < 4.78 is 0. The van der Waals surface area contributed by atoms with Gasteiger partial charge < -0.3 is 5.32 Å². The van der Waals surface area contributed by atoms with Crippen molar-refractivity contribution in [2.24, 2.45) is 0 Å². The molecule has 1 N–H and O–H groups in total. The van der Waals surface area contributed by atoms with Crippen LogP contribution in [0.15, 0.2) is 29.2 Å². The molecule has 0 saturated heterocycles. The van der Waals surface area contributed by atoms with Gasteiger partial charge in [0.2, 0.25) is 0 Å². The summed E-state index contributed by atoms with van der Waals surface area (Å²) in [4.78, 5) is 1.16. The van der Waals surface area contributed by atoms with Gasteiger partial charge in [0.25, 0.3) is 0 Å². The van der Waals surface area contributed by atoms with Crippen molar-refractivity contribution in [1.29, 1.82) is 0 Å². The quantitative estimate of drug-likeness (QED) is 0.775. The third-order valence-electron chi connectivity index (χ3n) is 1.66. The second-order valence-electron chi connectivity index (χ2n) is 2.92. The van der Waals surface area contributed by atoms with Gasteiger partial charge in [-0.3, -0.25) is 0 Å². The smallest absolute Gasteiger partial charge is 0.0541 e. The molecule has 1 rings (SSSR count). The Bertz CT molecular complexity index is 265. The molecule has 0 spiro atoms. The van der Waals surface area contributed by atoms with Crippen LogP contribution in [0.3, 0.4) is 0 Å².